The second-order valence-corrected chi connectivity index (χ2v) is 4.12. The molecule has 3 heteroatoms. The molecular weight excluding hydrogens is 204 g/mol. The van der Waals surface area contributed by atoms with Gasteiger partial charge >= 0.3 is 5.97 Å². The molecule has 2 rings (SSSR count). The molecule has 1 saturated carbocycles. The maximum Gasteiger partial charge on any atom is 0.309 e. The number of carbonyl (C=O) groups excluding carboxylic acids is 1. The summed E-state index contributed by atoms with van der Waals surface area (Å²) in [4.78, 5) is 11.6. The SMILES string of the molecule is CO[C@H]1C[C@@H](C(=O)OCc2ccccc2)C1. The molecule has 0 unspecified atom stereocenters. The highest BCUT2D eigenvalue weighted by Gasteiger charge is 2.35. The first-order valence-corrected chi connectivity index (χ1v) is 5.53. The van der Waals surface area contributed by atoms with Gasteiger partial charge in [-0.2, -0.15) is 0 Å². The zero-order valence-electron chi connectivity index (χ0n) is 9.39. The van der Waals surface area contributed by atoms with Crippen molar-refractivity contribution >= 4 is 5.97 Å². The molecule has 0 bridgehead atoms. The average Bonchev–Trinajstić information content (AvgIpc) is 2.26. The minimum Gasteiger partial charge on any atom is -0.461 e. The lowest BCUT2D eigenvalue weighted by Crippen LogP contribution is -2.36. The highest BCUT2D eigenvalue weighted by Crippen LogP contribution is 2.30. The third-order valence-electron chi connectivity index (χ3n) is 2.99. The van der Waals surface area contributed by atoms with Crippen molar-refractivity contribution in [3.05, 3.63) is 35.9 Å². The Hall–Kier alpha value is -1.35. The standard InChI is InChI=1S/C13H16O3/c1-15-12-7-11(8-12)13(14)16-9-10-5-3-2-4-6-10/h2-6,11-12H,7-9H2,1H3/t11-,12+. The van der Waals surface area contributed by atoms with Crippen molar-refractivity contribution in [1.82, 2.24) is 0 Å². The fourth-order valence-electron chi connectivity index (χ4n) is 1.80. The quantitative estimate of drug-likeness (QED) is 0.729. The van der Waals surface area contributed by atoms with Crippen LogP contribution in [0.2, 0.25) is 0 Å². The van der Waals surface area contributed by atoms with Gasteiger partial charge in [0.1, 0.15) is 6.61 Å². The summed E-state index contributed by atoms with van der Waals surface area (Å²) in [5, 5.41) is 0. The summed E-state index contributed by atoms with van der Waals surface area (Å²) in [5.41, 5.74) is 1.03. The van der Waals surface area contributed by atoms with Gasteiger partial charge in [0, 0.05) is 7.11 Å². The highest BCUT2D eigenvalue weighted by molar-refractivity contribution is 5.73. The van der Waals surface area contributed by atoms with E-state index in [2.05, 4.69) is 0 Å². The van der Waals surface area contributed by atoms with Gasteiger partial charge in [-0.25, -0.2) is 0 Å². The second-order valence-electron chi connectivity index (χ2n) is 4.12. The third kappa shape index (κ3) is 2.61. The molecule has 0 aliphatic heterocycles. The minimum atomic E-state index is -0.0999. The largest absolute Gasteiger partial charge is 0.461 e. The van der Waals surface area contributed by atoms with E-state index in [1.807, 2.05) is 30.3 Å². The predicted molar refractivity (Wildman–Crippen MR) is 59.8 cm³/mol. The van der Waals surface area contributed by atoms with Crippen LogP contribution in [0.3, 0.4) is 0 Å². The van der Waals surface area contributed by atoms with Crippen molar-refractivity contribution in [1.29, 1.82) is 0 Å². The van der Waals surface area contributed by atoms with Crippen molar-refractivity contribution in [3.8, 4) is 0 Å². The van der Waals surface area contributed by atoms with Crippen molar-refractivity contribution in [2.75, 3.05) is 7.11 Å². The van der Waals surface area contributed by atoms with Gasteiger partial charge in [-0.1, -0.05) is 30.3 Å². The fraction of sp³-hybridized carbons (Fsp3) is 0.462. The van der Waals surface area contributed by atoms with E-state index in [-0.39, 0.29) is 18.0 Å². The van der Waals surface area contributed by atoms with Crippen LogP contribution in [0.5, 0.6) is 0 Å². The first-order valence-electron chi connectivity index (χ1n) is 5.53. The van der Waals surface area contributed by atoms with Gasteiger partial charge < -0.3 is 9.47 Å². The molecule has 1 fully saturated rings. The van der Waals surface area contributed by atoms with Gasteiger partial charge in [-0.15, -0.1) is 0 Å². The maximum absolute atomic E-state index is 11.6. The van der Waals surface area contributed by atoms with Crippen molar-refractivity contribution in [2.45, 2.75) is 25.6 Å². The second kappa shape index (κ2) is 5.12. The van der Waals surface area contributed by atoms with Crippen LogP contribution in [0.4, 0.5) is 0 Å². The maximum atomic E-state index is 11.6. The number of rotatable bonds is 4. The highest BCUT2D eigenvalue weighted by atomic mass is 16.5. The summed E-state index contributed by atoms with van der Waals surface area (Å²) in [6.45, 7) is 0.369. The Balaban J connectivity index is 1.73. The van der Waals surface area contributed by atoms with Crippen LogP contribution in [-0.4, -0.2) is 19.2 Å². The van der Waals surface area contributed by atoms with Gasteiger partial charge in [-0.05, 0) is 18.4 Å². The molecule has 0 radical (unpaired) electrons. The van der Waals surface area contributed by atoms with Gasteiger partial charge in [-0.3, -0.25) is 4.79 Å². The number of ether oxygens (including phenoxy) is 2. The van der Waals surface area contributed by atoms with E-state index in [4.69, 9.17) is 9.47 Å². The normalized spacial score (nSPS) is 23.6. The Bertz CT molecular complexity index is 341. The van der Waals surface area contributed by atoms with E-state index in [1.165, 1.54) is 0 Å². The lowest BCUT2D eigenvalue weighted by molar-refractivity contribution is -0.158. The molecule has 1 aromatic rings. The molecule has 0 atom stereocenters. The van der Waals surface area contributed by atoms with E-state index in [0.29, 0.717) is 6.61 Å². The molecule has 86 valence electrons. The van der Waals surface area contributed by atoms with Gasteiger partial charge in [0.15, 0.2) is 0 Å². The molecule has 16 heavy (non-hydrogen) atoms. The Morgan fingerprint density at radius 2 is 2.00 bits per heavy atom. The van der Waals surface area contributed by atoms with E-state index in [1.54, 1.807) is 7.11 Å². The number of hydrogen-bond donors (Lipinski definition) is 0. The Kier molecular flexibility index (Phi) is 3.57. The molecule has 1 aromatic carbocycles. The Morgan fingerprint density at radius 3 is 2.62 bits per heavy atom. The molecule has 3 nitrogen and oxygen atoms in total. The van der Waals surface area contributed by atoms with Crippen LogP contribution in [0.15, 0.2) is 30.3 Å². The van der Waals surface area contributed by atoms with Crippen LogP contribution in [-0.2, 0) is 20.9 Å². The summed E-state index contributed by atoms with van der Waals surface area (Å²) in [5.74, 6) is -0.0641. The van der Waals surface area contributed by atoms with Crippen molar-refractivity contribution in [3.63, 3.8) is 0 Å². The molecule has 1 aliphatic rings. The molecule has 0 amide bonds. The molecule has 0 aromatic heterocycles. The zero-order chi connectivity index (χ0) is 11.4. The first kappa shape index (κ1) is 11.1. The summed E-state index contributed by atoms with van der Waals surface area (Å²) in [7, 11) is 1.68. The number of hydrogen-bond acceptors (Lipinski definition) is 3. The monoisotopic (exact) mass is 220 g/mol. The van der Waals surface area contributed by atoms with Crippen LogP contribution in [0.25, 0.3) is 0 Å². The molecule has 0 saturated heterocycles. The molecular formula is C13H16O3. The van der Waals surface area contributed by atoms with Crippen LogP contribution >= 0.6 is 0 Å². The Labute approximate surface area is 95.4 Å². The summed E-state index contributed by atoms with van der Waals surface area (Å²) in [6, 6.07) is 9.72. The number of carbonyl (C=O) groups is 1. The molecule has 1 aliphatic carbocycles. The van der Waals surface area contributed by atoms with Gasteiger partial charge in [0.05, 0.1) is 12.0 Å². The number of benzene rings is 1. The number of methoxy groups -OCH3 is 1. The van der Waals surface area contributed by atoms with E-state index in [0.717, 1.165) is 18.4 Å². The van der Waals surface area contributed by atoms with E-state index >= 15 is 0 Å². The lowest BCUT2D eigenvalue weighted by atomic mass is 9.82. The third-order valence-corrected chi connectivity index (χ3v) is 2.99. The van der Waals surface area contributed by atoms with E-state index < -0.39 is 0 Å². The van der Waals surface area contributed by atoms with Gasteiger partial charge in [0.25, 0.3) is 0 Å². The smallest absolute Gasteiger partial charge is 0.309 e. The average molecular weight is 220 g/mol. The molecule has 0 spiro atoms. The topological polar surface area (TPSA) is 35.5 Å². The van der Waals surface area contributed by atoms with Gasteiger partial charge in [0.2, 0.25) is 0 Å². The molecule has 0 heterocycles. The summed E-state index contributed by atoms with van der Waals surface area (Å²) >= 11 is 0. The zero-order valence-corrected chi connectivity index (χ0v) is 9.39. The van der Waals surface area contributed by atoms with Crippen LogP contribution in [0.1, 0.15) is 18.4 Å². The van der Waals surface area contributed by atoms with Crippen LogP contribution < -0.4 is 0 Å². The Morgan fingerprint density at radius 1 is 1.31 bits per heavy atom. The van der Waals surface area contributed by atoms with Crippen molar-refractivity contribution in [2.24, 2.45) is 5.92 Å². The summed E-state index contributed by atoms with van der Waals surface area (Å²) < 4.78 is 10.4. The fourth-order valence-corrected chi connectivity index (χ4v) is 1.80. The lowest BCUT2D eigenvalue weighted by Gasteiger charge is -2.32. The van der Waals surface area contributed by atoms with E-state index in [9.17, 15) is 4.79 Å². The number of esters is 1. The van der Waals surface area contributed by atoms with Crippen LogP contribution in [0, 0.1) is 5.92 Å². The van der Waals surface area contributed by atoms with Crippen molar-refractivity contribution < 1.29 is 14.3 Å². The predicted octanol–water partition coefficient (Wildman–Crippen LogP) is 2.15. The summed E-state index contributed by atoms with van der Waals surface area (Å²) in [6.07, 6.45) is 1.84. The first-order chi connectivity index (χ1) is 7.79. The molecule has 0 N–H and O–H groups in total. The minimum absolute atomic E-state index is 0.0358.